The zero-order chi connectivity index (χ0) is 11.9. The second-order valence-electron chi connectivity index (χ2n) is 6.13. The lowest BCUT2D eigenvalue weighted by molar-refractivity contribution is 0.225. The van der Waals surface area contributed by atoms with Crippen LogP contribution in [0.3, 0.4) is 0 Å². The zero-order valence-electron chi connectivity index (χ0n) is 11.6. The molecular formula is C15H30N2. The van der Waals surface area contributed by atoms with Gasteiger partial charge in [0.05, 0.1) is 0 Å². The van der Waals surface area contributed by atoms with Gasteiger partial charge in [0.1, 0.15) is 0 Å². The number of hydrogen-bond acceptors (Lipinski definition) is 2. The molecule has 1 aliphatic heterocycles. The van der Waals surface area contributed by atoms with Crippen LogP contribution in [-0.2, 0) is 0 Å². The predicted octanol–water partition coefficient (Wildman–Crippen LogP) is 2.89. The third-order valence-electron chi connectivity index (χ3n) is 4.72. The summed E-state index contributed by atoms with van der Waals surface area (Å²) in [7, 11) is 0. The van der Waals surface area contributed by atoms with Gasteiger partial charge < -0.3 is 10.2 Å². The first-order valence-corrected chi connectivity index (χ1v) is 7.79. The van der Waals surface area contributed by atoms with E-state index in [1.165, 1.54) is 77.7 Å². The van der Waals surface area contributed by atoms with Crippen molar-refractivity contribution in [3.8, 4) is 0 Å². The standard InChI is InChI=1S/C15H30N2/c1-14-7-5-8-15(14)13-16-9-6-12-17-10-3-2-4-11-17/h14-16H,2-13H2,1H3. The van der Waals surface area contributed by atoms with Gasteiger partial charge in [0.25, 0.3) is 0 Å². The van der Waals surface area contributed by atoms with E-state index in [0.29, 0.717) is 0 Å². The monoisotopic (exact) mass is 238 g/mol. The highest BCUT2D eigenvalue weighted by Crippen LogP contribution is 2.30. The molecule has 1 saturated heterocycles. The summed E-state index contributed by atoms with van der Waals surface area (Å²) in [6.45, 7) is 8.92. The fraction of sp³-hybridized carbons (Fsp3) is 1.00. The van der Waals surface area contributed by atoms with E-state index in [9.17, 15) is 0 Å². The first-order valence-electron chi connectivity index (χ1n) is 7.79. The minimum Gasteiger partial charge on any atom is -0.316 e. The summed E-state index contributed by atoms with van der Waals surface area (Å²) in [6, 6.07) is 0. The van der Waals surface area contributed by atoms with E-state index in [1.807, 2.05) is 0 Å². The molecule has 0 aromatic carbocycles. The maximum atomic E-state index is 3.67. The lowest BCUT2D eigenvalue weighted by Gasteiger charge is -2.26. The Morgan fingerprint density at radius 3 is 2.59 bits per heavy atom. The Kier molecular flexibility index (Phi) is 5.79. The minimum atomic E-state index is 0.963. The first-order chi connectivity index (χ1) is 8.36. The average Bonchev–Trinajstić information content (AvgIpc) is 2.76. The summed E-state index contributed by atoms with van der Waals surface area (Å²) in [5.41, 5.74) is 0. The first kappa shape index (κ1) is 13.4. The number of piperidine rings is 1. The van der Waals surface area contributed by atoms with Crippen LogP contribution in [0.15, 0.2) is 0 Å². The molecule has 1 N–H and O–H groups in total. The molecule has 1 aliphatic carbocycles. The van der Waals surface area contributed by atoms with E-state index in [0.717, 1.165) is 11.8 Å². The predicted molar refractivity (Wildman–Crippen MR) is 74.3 cm³/mol. The molecule has 2 atom stereocenters. The molecule has 2 aliphatic rings. The van der Waals surface area contributed by atoms with Crippen LogP contribution in [0.25, 0.3) is 0 Å². The van der Waals surface area contributed by atoms with Gasteiger partial charge in [0.15, 0.2) is 0 Å². The molecule has 1 saturated carbocycles. The molecule has 0 bridgehead atoms. The lowest BCUT2D eigenvalue weighted by Crippen LogP contribution is -2.33. The summed E-state index contributed by atoms with van der Waals surface area (Å²) in [5, 5.41) is 3.67. The summed E-state index contributed by atoms with van der Waals surface area (Å²) >= 11 is 0. The molecule has 0 aromatic heterocycles. The number of rotatable bonds is 6. The molecule has 0 aromatic rings. The molecule has 1 heterocycles. The van der Waals surface area contributed by atoms with Gasteiger partial charge >= 0.3 is 0 Å². The molecule has 17 heavy (non-hydrogen) atoms. The van der Waals surface area contributed by atoms with Crippen LogP contribution in [0.1, 0.15) is 51.9 Å². The number of nitrogens with one attached hydrogen (secondary N) is 1. The SMILES string of the molecule is CC1CCCC1CNCCCN1CCCCC1. The molecule has 2 fully saturated rings. The van der Waals surface area contributed by atoms with Gasteiger partial charge in [0, 0.05) is 0 Å². The molecule has 100 valence electrons. The smallest absolute Gasteiger partial charge is 0.000664 e. The van der Waals surface area contributed by atoms with Crippen LogP contribution >= 0.6 is 0 Å². The molecule has 2 nitrogen and oxygen atoms in total. The highest BCUT2D eigenvalue weighted by Gasteiger charge is 2.22. The van der Waals surface area contributed by atoms with Crippen LogP contribution < -0.4 is 5.32 Å². The summed E-state index contributed by atoms with van der Waals surface area (Å²) in [6.07, 6.45) is 10.0. The van der Waals surface area contributed by atoms with Crippen molar-refractivity contribution in [3.63, 3.8) is 0 Å². The quantitative estimate of drug-likeness (QED) is 0.716. The Bertz CT molecular complexity index is 199. The number of likely N-dealkylation sites (tertiary alicyclic amines) is 1. The van der Waals surface area contributed by atoms with Crippen molar-refractivity contribution in [1.29, 1.82) is 0 Å². The van der Waals surface area contributed by atoms with E-state index in [4.69, 9.17) is 0 Å². The van der Waals surface area contributed by atoms with E-state index in [2.05, 4.69) is 17.1 Å². The lowest BCUT2D eigenvalue weighted by atomic mass is 9.98. The van der Waals surface area contributed by atoms with Crippen molar-refractivity contribution in [1.82, 2.24) is 10.2 Å². The summed E-state index contributed by atoms with van der Waals surface area (Å²) in [4.78, 5) is 2.64. The largest absolute Gasteiger partial charge is 0.316 e. The van der Waals surface area contributed by atoms with E-state index in [-0.39, 0.29) is 0 Å². The van der Waals surface area contributed by atoms with Crippen molar-refractivity contribution >= 4 is 0 Å². The summed E-state index contributed by atoms with van der Waals surface area (Å²) < 4.78 is 0. The van der Waals surface area contributed by atoms with Gasteiger partial charge in [-0.3, -0.25) is 0 Å². The molecule has 2 rings (SSSR count). The number of hydrogen-bond donors (Lipinski definition) is 1. The normalized spacial score (nSPS) is 30.9. The van der Waals surface area contributed by atoms with Crippen LogP contribution in [0.4, 0.5) is 0 Å². The highest BCUT2D eigenvalue weighted by atomic mass is 15.1. The van der Waals surface area contributed by atoms with Gasteiger partial charge in [-0.15, -0.1) is 0 Å². The van der Waals surface area contributed by atoms with Crippen LogP contribution in [0, 0.1) is 11.8 Å². The van der Waals surface area contributed by atoms with Gasteiger partial charge in [-0.1, -0.05) is 26.2 Å². The second-order valence-corrected chi connectivity index (χ2v) is 6.13. The van der Waals surface area contributed by atoms with Crippen molar-refractivity contribution < 1.29 is 0 Å². The van der Waals surface area contributed by atoms with E-state index >= 15 is 0 Å². The third-order valence-corrected chi connectivity index (χ3v) is 4.72. The molecular weight excluding hydrogens is 208 g/mol. The highest BCUT2D eigenvalue weighted by molar-refractivity contribution is 4.76. The topological polar surface area (TPSA) is 15.3 Å². The van der Waals surface area contributed by atoms with Crippen molar-refractivity contribution in [2.75, 3.05) is 32.7 Å². The van der Waals surface area contributed by atoms with Gasteiger partial charge in [-0.2, -0.15) is 0 Å². The van der Waals surface area contributed by atoms with Crippen LogP contribution in [0.2, 0.25) is 0 Å². The van der Waals surface area contributed by atoms with Crippen molar-refractivity contribution in [2.45, 2.75) is 51.9 Å². The van der Waals surface area contributed by atoms with Gasteiger partial charge in [0.2, 0.25) is 0 Å². The Morgan fingerprint density at radius 2 is 1.88 bits per heavy atom. The number of nitrogens with zero attached hydrogens (tertiary/aromatic N) is 1. The van der Waals surface area contributed by atoms with Crippen LogP contribution in [0.5, 0.6) is 0 Å². The molecule has 0 spiro atoms. The molecule has 0 amide bonds. The van der Waals surface area contributed by atoms with Crippen molar-refractivity contribution in [3.05, 3.63) is 0 Å². The van der Waals surface area contributed by atoms with Gasteiger partial charge in [-0.05, 0) is 70.2 Å². The fourth-order valence-electron chi connectivity index (χ4n) is 3.42. The third kappa shape index (κ3) is 4.59. The maximum Gasteiger partial charge on any atom is -0.000664 e. The maximum absolute atomic E-state index is 3.67. The Labute approximate surface area is 107 Å². The molecule has 2 heteroatoms. The average molecular weight is 238 g/mol. The second kappa shape index (κ2) is 7.38. The Balaban J connectivity index is 1.45. The van der Waals surface area contributed by atoms with E-state index < -0.39 is 0 Å². The minimum absolute atomic E-state index is 0.963. The van der Waals surface area contributed by atoms with Crippen LogP contribution in [-0.4, -0.2) is 37.6 Å². The molecule has 0 radical (unpaired) electrons. The van der Waals surface area contributed by atoms with E-state index in [1.54, 1.807) is 0 Å². The Hall–Kier alpha value is -0.0800. The Morgan fingerprint density at radius 1 is 1.06 bits per heavy atom. The van der Waals surface area contributed by atoms with Gasteiger partial charge in [-0.25, -0.2) is 0 Å². The van der Waals surface area contributed by atoms with Crippen molar-refractivity contribution in [2.24, 2.45) is 11.8 Å². The fourth-order valence-corrected chi connectivity index (χ4v) is 3.42. The zero-order valence-corrected chi connectivity index (χ0v) is 11.6. The molecule has 2 unspecified atom stereocenters. The summed E-state index contributed by atoms with van der Waals surface area (Å²) in [5.74, 6) is 1.93.